The van der Waals surface area contributed by atoms with Crippen LogP contribution in [0, 0.1) is 0 Å². The molecule has 1 amide bonds. The Labute approximate surface area is 125 Å². The molecule has 1 unspecified atom stereocenters. The molecule has 2 rings (SSSR count). The number of methoxy groups -OCH3 is 1. The predicted molar refractivity (Wildman–Crippen MR) is 79.6 cm³/mol. The zero-order valence-electron chi connectivity index (χ0n) is 11.5. The molecule has 0 bridgehead atoms. The zero-order chi connectivity index (χ0) is 15.2. The molecule has 110 valence electrons. The minimum Gasteiger partial charge on any atom is -0.495 e. The summed E-state index contributed by atoms with van der Waals surface area (Å²) < 4.78 is 5.17. The van der Waals surface area contributed by atoms with Gasteiger partial charge in [0.05, 0.1) is 18.0 Å². The maximum atomic E-state index is 12.1. The van der Waals surface area contributed by atoms with Gasteiger partial charge in [-0.2, -0.15) is 5.10 Å². The number of hydrogen-bond donors (Lipinski definition) is 2. The van der Waals surface area contributed by atoms with Gasteiger partial charge in [0.15, 0.2) is 5.16 Å². The van der Waals surface area contributed by atoms with Crippen LogP contribution >= 0.6 is 11.8 Å². The summed E-state index contributed by atoms with van der Waals surface area (Å²) in [7, 11) is 1.54. The predicted octanol–water partition coefficient (Wildman–Crippen LogP) is 1.29. The van der Waals surface area contributed by atoms with Gasteiger partial charge in [-0.3, -0.25) is 14.6 Å². The number of hydrogen-bond acceptors (Lipinski definition) is 6. The van der Waals surface area contributed by atoms with Crippen molar-refractivity contribution < 1.29 is 9.53 Å². The smallest absolute Gasteiger partial charge is 0.270 e. The highest BCUT2D eigenvalue weighted by atomic mass is 32.2. The molecule has 2 N–H and O–H groups in total. The molecule has 8 heteroatoms. The number of carbonyl (C=O) groups excluding carboxylic acids is 1. The summed E-state index contributed by atoms with van der Waals surface area (Å²) in [5, 5.41) is 9.91. The van der Waals surface area contributed by atoms with Crippen molar-refractivity contribution in [1.29, 1.82) is 0 Å². The Morgan fingerprint density at radius 3 is 2.90 bits per heavy atom. The highest BCUT2D eigenvalue weighted by Crippen LogP contribution is 2.25. The molecule has 0 spiro atoms. The third-order valence-corrected chi connectivity index (χ3v) is 3.55. The molecule has 1 aromatic carbocycles. The van der Waals surface area contributed by atoms with E-state index >= 15 is 0 Å². The molecule has 0 aliphatic heterocycles. The summed E-state index contributed by atoms with van der Waals surface area (Å²) in [4.78, 5) is 25.8. The van der Waals surface area contributed by atoms with Crippen LogP contribution in [0.3, 0.4) is 0 Å². The van der Waals surface area contributed by atoms with E-state index in [0.717, 1.165) is 18.0 Å². The number of thioether (sulfide) groups is 1. The summed E-state index contributed by atoms with van der Waals surface area (Å²) in [6.45, 7) is 1.71. The first-order valence-corrected chi connectivity index (χ1v) is 7.00. The lowest BCUT2D eigenvalue weighted by molar-refractivity contribution is -0.115. The molecule has 0 aliphatic rings. The van der Waals surface area contributed by atoms with Crippen molar-refractivity contribution in [2.75, 3.05) is 12.4 Å². The van der Waals surface area contributed by atoms with Crippen LogP contribution in [0.1, 0.15) is 6.92 Å². The van der Waals surface area contributed by atoms with Crippen LogP contribution in [0.25, 0.3) is 0 Å². The third-order valence-electron chi connectivity index (χ3n) is 2.58. The number of carbonyl (C=O) groups is 1. The van der Waals surface area contributed by atoms with E-state index < -0.39 is 5.25 Å². The summed E-state index contributed by atoms with van der Waals surface area (Å²) in [5.74, 6) is 0.354. The second kappa shape index (κ2) is 6.89. The van der Waals surface area contributed by atoms with E-state index in [1.54, 1.807) is 25.1 Å². The summed E-state index contributed by atoms with van der Waals surface area (Å²) in [6.07, 6.45) is 1.07. The van der Waals surface area contributed by atoms with E-state index in [0.29, 0.717) is 16.6 Å². The number of nitrogens with one attached hydrogen (secondary N) is 2. The molecule has 0 saturated carbocycles. The normalized spacial score (nSPS) is 11.7. The Morgan fingerprint density at radius 2 is 2.19 bits per heavy atom. The van der Waals surface area contributed by atoms with Crippen LogP contribution in [0.4, 0.5) is 5.69 Å². The molecule has 0 radical (unpaired) electrons. The monoisotopic (exact) mass is 306 g/mol. The third kappa shape index (κ3) is 4.06. The minimum atomic E-state index is -0.456. The van der Waals surface area contributed by atoms with E-state index in [9.17, 15) is 9.59 Å². The maximum absolute atomic E-state index is 12.1. The van der Waals surface area contributed by atoms with Gasteiger partial charge >= 0.3 is 0 Å². The van der Waals surface area contributed by atoms with Crippen LogP contribution in [0.15, 0.2) is 40.4 Å². The first-order chi connectivity index (χ1) is 10.1. The molecular weight excluding hydrogens is 292 g/mol. The largest absolute Gasteiger partial charge is 0.495 e. The average Bonchev–Trinajstić information content (AvgIpc) is 2.47. The lowest BCUT2D eigenvalue weighted by Gasteiger charge is -2.13. The molecule has 0 aliphatic carbocycles. The average molecular weight is 306 g/mol. The van der Waals surface area contributed by atoms with Crippen molar-refractivity contribution in [3.63, 3.8) is 0 Å². The van der Waals surface area contributed by atoms with Crippen molar-refractivity contribution in [2.45, 2.75) is 17.3 Å². The Morgan fingerprint density at radius 1 is 1.43 bits per heavy atom. The molecule has 0 saturated heterocycles. The van der Waals surface area contributed by atoms with Gasteiger partial charge in [0, 0.05) is 0 Å². The molecular formula is C13H14N4O3S. The number of rotatable bonds is 5. The van der Waals surface area contributed by atoms with Gasteiger partial charge in [-0.25, -0.2) is 0 Å². The summed E-state index contributed by atoms with van der Waals surface area (Å²) in [5.41, 5.74) is 0.231. The molecule has 7 nitrogen and oxygen atoms in total. The maximum Gasteiger partial charge on any atom is 0.270 e. The number of aromatic amines is 1. The van der Waals surface area contributed by atoms with Gasteiger partial charge in [0.25, 0.3) is 5.56 Å². The van der Waals surface area contributed by atoms with E-state index in [2.05, 4.69) is 20.5 Å². The van der Waals surface area contributed by atoms with Crippen molar-refractivity contribution >= 4 is 23.4 Å². The van der Waals surface area contributed by atoms with E-state index in [4.69, 9.17) is 4.74 Å². The fraction of sp³-hybridized carbons (Fsp3) is 0.231. The quantitative estimate of drug-likeness (QED) is 0.808. The van der Waals surface area contributed by atoms with Gasteiger partial charge in [-0.1, -0.05) is 23.9 Å². The van der Waals surface area contributed by atoms with E-state index in [-0.39, 0.29) is 11.5 Å². The highest BCUT2D eigenvalue weighted by molar-refractivity contribution is 8.00. The van der Waals surface area contributed by atoms with E-state index in [1.165, 1.54) is 7.11 Å². The van der Waals surface area contributed by atoms with Gasteiger partial charge in [0.1, 0.15) is 11.9 Å². The van der Waals surface area contributed by atoms with Crippen LogP contribution < -0.4 is 15.6 Å². The first-order valence-electron chi connectivity index (χ1n) is 6.12. The van der Waals surface area contributed by atoms with E-state index in [1.807, 2.05) is 6.07 Å². The molecule has 1 aromatic heterocycles. The van der Waals surface area contributed by atoms with Crippen molar-refractivity contribution in [1.82, 2.24) is 15.2 Å². The number of para-hydroxylation sites is 2. The number of nitrogens with zero attached hydrogens (tertiary/aromatic N) is 2. The number of ether oxygens (including phenoxy) is 1. The van der Waals surface area contributed by atoms with Crippen LogP contribution in [-0.4, -0.2) is 33.4 Å². The zero-order valence-corrected chi connectivity index (χ0v) is 12.3. The van der Waals surface area contributed by atoms with Gasteiger partial charge in [-0.05, 0) is 19.1 Å². The Hall–Kier alpha value is -2.35. The fourth-order valence-electron chi connectivity index (χ4n) is 1.55. The Bertz CT molecular complexity index is 689. The molecule has 0 fully saturated rings. The number of amides is 1. The standard InChI is InChI=1S/C13H14N4O3S/c1-8(21-13-16-11(18)7-14-17-13)12(19)15-9-5-3-4-6-10(9)20-2/h3-8H,1-2H3,(H,15,19)(H,16,17,18). The Balaban J connectivity index is 2.04. The van der Waals surface area contributed by atoms with Crippen LogP contribution in [-0.2, 0) is 4.79 Å². The topological polar surface area (TPSA) is 97.0 Å². The Kier molecular flexibility index (Phi) is 4.94. The highest BCUT2D eigenvalue weighted by Gasteiger charge is 2.17. The number of anilines is 1. The van der Waals surface area contributed by atoms with Crippen molar-refractivity contribution in [2.24, 2.45) is 0 Å². The first kappa shape index (κ1) is 15.0. The minimum absolute atomic E-state index is 0.226. The molecule has 1 atom stereocenters. The van der Waals surface area contributed by atoms with Gasteiger partial charge in [0.2, 0.25) is 5.91 Å². The molecule has 1 heterocycles. The van der Waals surface area contributed by atoms with Gasteiger partial charge < -0.3 is 10.1 Å². The molecule has 2 aromatic rings. The SMILES string of the molecule is COc1ccccc1NC(=O)C(C)Sc1nncc(=O)[nH]1. The number of benzene rings is 1. The second-order valence-corrected chi connectivity index (χ2v) is 5.42. The van der Waals surface area contributed by atoms with Crippen molar-refractivity contribution in [3.05, 3.63) is 40.8 Å². The number of H-pyrrole nitrogens is 1. The lowest BCUT2D eigenvalue weighted by Crippen LogP contribution is -2.23. The van der Waals surface area contributed by atoms with Crippen LogP contribution in [0.2, 0.25) is 0 Å². The fourth-order valence-corrected chi connectivity index (χ4v) is 2.31. The summed E-state index contributed by atoms with van der Waals surface area (Å²) in [6, 6.07) is 7.12. The number of aromatic nitrogens is 3. The lowest BCUT2D eigenvalue weighted by atomic mass is 10.3. The van der Waals surface area contributed by atoms with Gasteiger partial charge in [-0.15, -0.1) is 5.10 Å². The second-order valence-electron chi connectivity index (χ2n) is 4.09. The van der Waals surface area contributed by atoms with Crippen molar-refractivity contribution in [3.8, 4) is 5.75 Å². The molecule has 21 heavy (non-hydrogen) atoms. The summed E-state index contributed by atoms with van der Waals surface area (Å²) >= 11 is 1.12. The van der Waals surface area contributed by atoms with Crippen LogP contribution in [0.5, 0.6) is 5.75 Å².